The van der Waals surface area contributed by atoms with Gasteiger partial charge in [0.2, 0.25) is 10.0 Å². The van der Waals surface area contributed by atoms with E-state index in [1.54, 1.807) is 12.1 Å². The fraction of sp³-hybridized carbons (Fsp3) is 0.632. The smallest absolute Gasteiger partial charge is 0.251 e. The SMILES string of the molecule is Cl.O=C(NCCNC1CCCCCC1)c1cccc(S(=O)(=O)NC2CC2)c1. The van der Waals surface area contributed by atoms with Gasteiger partial charge in [0.05, 0.1) is 4.90 Å². The average molecular weight is 416 g/mol. The van der Waals surface area contributed by atoms with Crippen molar-refractivity contribution < 1.29 is 13.2 Å². The van der Waals surface area contributed by atoms with Crippen LogP contribution in [0.3, 0.4) is 0 Å². The number of hydrogen-bond donors (Lipinski definition) is 3. The molecule has 8 heteroatoms. The van der Waals surface area contributed by atoms with Gasteiger partial charge in [0.15, 0.2) is 0 Å². The highest BCUT2D eigenvalue weighted by Gasteiger charge is 2.28. The maximum absolute atomic E-state index is 12.3. The topological polar surface area (TPSA) is 87.3 Å². The fourth-order valence-electron chi connectivity index (χ4n) is 3.33. The van der Waals surface area contributed by atoms with E-state index in [0.717, 1.165) is 19.4 Å². The summed E-state index contributed by atoms with van der Waals surface area (Å²) >= 11 is 0. The first-order valence-corrected chi connectivity index (χ1v) is 11.2. The Kier molecular flexibility index (Phi) is 8.54. The molecule has 1 aromatic carbocycles. The molecule has 0 spiro atoms. The van der Waals surface area contributed by atoms with E-state index in [1.807, 2.05) is 0 Å². The van der Waals surface area contributed by atoms with Crippen LogP contribution in [0, 0.1) is 0 Å². The van der Waals surface area contributed by atoms with E-state index in [-0.39, 0.29) is 29.3 Å². The molecule has 0 bridgehead atoms. The van der Waals surface area contributed by atoms with Crippen molar-refractivity contribution in [3.05, 3.63) is 29.8 Å². The van der Waals surface area contributed by atoms with Gasteiger partial charge in [0.25, 0.3) is 5.91 Å². The summed E-state index contributed by atoms with van der Waals surface area (Å²) < 4.78 is 27.2. The lowest BCUT2D eigenvalue weighted by Crippen LogP contribution is -2.37. The van der Waals surface area contributed by atoms with Gasteiger partial charge in [-0.3, -0.25) is 4.79 Å². The van der Waals surface area contributed by atoms with E-state index < -0.39 is 10.0 Å². The molecular formula is C19H30ClN3O3S. The van der Waals surface area contributed by atoms with Crippen LogP contribution in [0.5, 0.6) is 0 Å². The second kappa shape index (κ2) is 10.4. The van der Waals surface area contributed by atoms with E-state index in [2.05, 4.69) is 15.4 Å². The van der Waals surface area contributed by atoms with Gasteiger partial charge in [0, 0.05) is 30.7 Å². The van der Waals surface area contributed by atoms with E-state index in [1.165, 1.54) is 50.7 Å². The zero-order chi connectivity index (χ0) is 18.4. The van der Waals surface area contributed by atoms with Crippen LogP contribution in [0.4, 0.5) is 0 Å². The van der Waals surface area contributed by atoms with Crippen LogP contribution in [0.25, 0.3) is 0 Å². The molecule has 27 heavy (non-hydrogen) atoms. The third kappa shape index (κ3) is 7.07. The molecule has 2 fully saturated rings. The minimum Gasteiger partial charge on any atom is -0.351 e. The molecule has 1 aromatic rings. The molecule has 0 aromatic heterocycles. The Morgan fingerprint density at radius 1 is 0.963 bits per heavy atom. The van der Waals surface area contributed by atoms with Crippen molar-refractivity contribution in [2.24, 2.45) is 0 Å². The Bertz CT molecular complexity index is 715. The van der Waals surface area contributed by atoms with Gasteiger partial charge < -0.3 is 10.6 Å². The zero-order valence-electron chi connectivity index (χ0n) is 15.6. The third-order valence-corrected chi connectivity index (χ3v) is 6.52. The number of benzene rings is 1. The van der Waals surface area contributed by atoms with Crippen molar-refractivity contribution in [2.75, 3.05) is 13.1 Å². The minimum atomic E-state index is -3.54. The second-order valence-corrected chi connectivity index (χ2v) is 9.04. The molecule has 0 unspecified atom stereocenters. The maximum atomic E-state index is 12.3. The summed E-state index contributed by atoms with van der Waals surface area (Å²) in [5.41, 5.74) is 0.373. The molecule has 2 aliphatic rings. The zero-order valence-corrected chi connectivity index (χ0v) is 17.2. The summed E-state index contributed by atoms with van der Waals surface area (Å²) in [5, 5.41) is 6.38. The van der Waals surface area contributed by atoms with Gasteiger partial charge in [-0.25, -0.2) is 13.1 Å². The van der Waals surface area contributed by atoms with E-state index in [4.69, 9.17) is 0 Å². The monoisotopic (exact) mass is 415 g/mol. The Balaban J connectivity index is 0.00000261. The molecule has 152 valence electrons. The van der Waals surface area contributed by atoms with Crippen LogP contribution in [0.2, 0.25) is 0 Å². The first-order chi connectivity index (χ1) is 12.5. The fourth-order valence-corrected chi connectivity index (χ4v) is 4.68. The molecule has 3 rings (SSSR count). The Labute approximate surface area is 168 Å². The van der Waals surface area contributed by atoms with E-state index >= 15 is 0 Å². The van der Waals surface area contributed by atoms with Crippen LogP contribution in [-0.4, -0.2) is 39.5 Å². The number of hydrogen-bond acceptors (Lipinski definition) is 4. The van der Waals surface area contributed by atoms with Crippen molar-refractivity contribution in [3.8, 4) is 0 Å². The minimum absolute atomic E-state index is 0. The molecule has 0 saturated heterocycles. The van der Waals surface area contributed by atoms with Gasteiger partial charge in [0.1, 0.15) is 0 Å². The number of halogens is 1. The summed E-state index contributed by atoms with van der Waals surface area (Å²) in [4.78, 5) is 12.5. The van der Waals surface area contributed by atoms with Gasteiger partial charge in [-0.1, -0.05) is 31.7 Å². The normalized spacial score (nSPS) is 18.4. The van der Waals surface area contributed by atoms with Gasteiger partial charge in [-0.15, -0.1) is 12.4 Å². The van der Waals surface area contributed by atoms with Crippen molar-refractivity contribution in [1.82, 2.24) is 15.4 Å². The number of rotatable bonds is 8. The van der Waals surface area contributed by atoms with Crippen molar-refractivity contribution in [1.29, 1.82) is 0 Å². The summed E-state index contributed by atoms with van der Waals surface area (Å²) in [6.07, 6.45) is 9.39. The standard InChI is InChI=1S/C19H29N3O3S.ClH/c23-19(21-13-12-20-16-7-3-1-2-4-8-16)15-6-5-9-18(14-15)26(24,25)22-17-10-11-17;/h5-6,9,14,16-17,20,22H,1-4,7-8,10-13H2,(H,21,23);1H. The Morgan fingerprint density at radius 2 is 1.67 bits per heavy atom. The number of nitrogens with one attached hydrogen (secondary N) is 3. The molecule has 0 atom stereocenters. The van der Waals surface area contributed by atoms with Gasteiger partial charge >= 0.3 is 0 Å². The van der Waals surface area contributed by atoms with Gasteiger partial charge in [-0.05, 0) is 43.9 Å². The molecule has 3 N–H and O–H groups in total. The lowest BCUT2D eigenvalue weighted by molar-refractivity contribution is 0.0953. The molecule has 6 nitrogen and oxygen atoms in total. The number of carbonyl (C=O) groups is 1. The highest BCUT2D eigenvalue weighted by Crippen LogP contribution is 2.22. The quantitative estimate of drug-likeness (QED) is 0.450. The van der Waals surface area contributed by atoms with Crippen LogP contribution in [0.1, 0.15) is 61.7 Å². The summed E-state index contributed by atoms with van der Waals surface area (Å²) in [5.74, 6) is -0.240. The predicted octanol–water partition coefficient (Wildman–Crippen LogP) is 2.59. The molecule has 2 saturated carbocycles. The first-order valence-electron chi connectivity index (χ1n) is 9.68. The van der Waals surface area contributed by atoms with Crippen LogP contribution in [0.15, 0.2) is 29.2 Å². The summed E-state index contributed by atoms with van der Waals surface area (Å²) in [6.45, 7) is 1.27. The van der Waals surface area contributed by atoms with Crippen LogP contribution >= 0.6 is 12.4 Å². The maximum Gasteiger partial charge on any atom is 0.251 e. The largest absolute Gasteiger partial charge is 0.351 e. The summed E-state index contributed by atoms with van der Waals surface area (Å²) in [7, 11) is -3.54. The van der Waals surface area contributed by atoms with Crippen LogP contribution in [-0.2, 0) is 10.0 Å². The molecule has 2 aliphatic carbocycles. The Morgan fingerprint density at radius 3 is 2.33 bits per heavy atom. The number of carbonyl (C=O) groups excluding carboxylic acids is 1. The average Bonchev–Trinajstić information content (AvgIpc) is 3.46. The lowest BCUT2D eigenvalue weighted by Gasteiger charge is -2.16. The van der Waals surface area contributed by atoms with Gasteiger partial charge in [-0.2, -0.15) is 0 Å². The molecule has 0 radical (unpaired) electrons. The second-order valence-electron chi connectivity index (χ2n) is 7.32. The molecule has 0 aliphatic heterocycles. The molecule has 0 heterocycles. The highest BCUT2D eigenvalue weighted by molar-refractivity contribution is 7.89. The van der Waals surface area contributed by atoms with Crippen molar-refractivity contribution in [3.63, 3.8) is 0 Å². The lowest BCUT2D eigenvalue weighted by atomic mass is 10.1. The van der Waals surface area contributed by atoms with Crippen molar-refractivity contribution >= 4 is 28.3 Å². The first kappa shape index (κ1) is 22.1. The third-order valence-electron chi connectivity index (χ3n) is 5.00. The van der Waals surface area contributed by atoms with Crippen LogP contribution < -0.4 is 15.4 Å². The number of sulfonamides is 1. The Hall–Kier alpha value is -1.15. The highest BCUT2D eigenvalue weighted by atomic mass is 35.5. The number of amides is 1. The molecule has 1 amide bonds. The molecular weight excluding hydrogens is 386 g/mol. The predicted molar refractivity (Wildman–Crippen MR) is 109 cm³/mol. The van der Waals surface area contributed by atoms with E-state index in [9.17, 15) is 13.2 Å². The summed E-state index contributed by atoms with van der Waals surface area (Å²) in [6, 6.07) is 6.82. The van der Waals surface area contributed by atoms with E-state index in [0.29, 0.717) is 18.2 Å². The van der Waals surface area contributed by atoms with Crippen molar-refractivity contribution in [2.45, 2.75) is 68.3 Å².